The monoisotopic (exact) mass is 298 g/mol. The van der Waals surface area contributed by atoms with E-state index in [-0.39, 0.29) is 0 Å². The average Bonchev–Trinajstić information content (AvgIpc) is 3.09. The van der Waals surface area contributed by atoms with Gasteiger partial charge in [-0.25, -0.2) is 9.97 Å². The molecule has 0 N–H and O–H groups in total. The Morgan fingerprint density at radius 3 is 2.71 bits per heavy atom. The third-order valence-electron chi connectivity index (χ3n) is 3.75. The van der Waals surface area contributed by atoms with Gasteiger partial charge in [-0.15, -0.1) is 10.2 Å². The molecule has 21 heavy (non-hydrogen) atoms. The molecule has 0 atom stereocenters. The maximum Gasteiger partial charge on any atom is 0.208 e. The molecule has 1 aliphatic rings. The van der Waals surface area contributed by atoms with Gasteiger partial charge in [-0.2, -0.15) is 0 Å². The lowest BCUT2D eigenvalue weighted by Crippen LogP contribution is -2.46. The van der Waals surface area contributed by atoms with Crippen LogP contribution < -0.4 is 9.80 Å². The summed E-state index contributed by atoms with van der Waals surface area (Å²) in [5, 5.41) is 10.1. The summed E-state index contributed by atoms with van der Waals surface area (Å²) in [4.78, 5) is 13.0. The Morgan fingerprint density at radius 1 is 1.05 bits per heavy atom. The van der Waals surface area contributed by atoms with E-state index >= 15 is 0 Å². The highest BCUT2D eigenvalue weighted by atomic mass is 32.1. The SMILES string of the molecule is c1ncc2cc(N3CCN(c4nncs4)CC3)ccc2n1. The van der Waals surface area contributed by atoms with Crippen LogP contribution in [0, 0.1) is 0 Å². The number of benzene rings is 1. The smallest absolute Gasteiger partial charge is 0.208 e. The predicted octanol–water partition coefficient (Wildman–Crippen LogP) is 1.81. The van der Waals surface area contributed by atoms with Crippen molar-refractivity contribution in [3.63, 3.8) is 0 Å². The number of anilines is 2. The summed E-state index contributed by atoms with van der Waals surface area (Å²) in [5.41, 5.74) is 4.00. The van der Waals surface area contributed by atoms with Gasteiger partial charge in [-0.1, -0.05) is 11.3 Å². The van der Waals surface area contributed by atoms with E-state index in [0.29, 0.717) is 0 Å². The van der Waals surface area contributed by atoms with Crippen LogP contribution >= 0.6 is 11.3 Å². The molecule has 0 aliphatic carbocycles. The molecule has 0 amide bonds. The van der Waals surface area contributed by atoms with Crippen LogP contribution in [0.15, 0.2) is 36.2 Å². The summed E-state index contributed by atoms with van der Waals surface area (Å²) in [6.07, 6.45) is 3.45. The minimum absolute atomic E-state index is 0.971. The lowest BCUT2D eigenvalue weighted by atomic mass is 10.2. The molecule has 3 aromatic rings. The molecule has 106 valence electrons. The fourth-order valence-corrected chi connectivity index (χ4v) is 3.24. The Morgan fingerprint density at radius 2 is 1.90 bits per heavy atom. The molecule has 4 rings (SSSR count). The molecule has 0 bridgehead atoms. The zero-order chi connectivity index (χ0) is 14.1. The molecule has 0 spiro atoms. The summed E-state index contributed by atoms with van der Waals surface area (Å²) in [6, 6.07) is 6.36. The van der Waals surface area contributed by atoms with Crippen molar-refractivity contribution in [1.82, 2.24) is 20.2 Å². The Hall–Kier alpha value is -2.28. The Labute approximate surface area is 126 Å². The molecule has 3 heterocycles. The second-order valence-electron chi connectivity index (χ2n) is 4.96. The minimum atomic E-state index is 0.971. The van der Waals surface area contributed by atoms with Crippen molar-refractivity contribution in [3.05, 3.63) is 36.2 Å². The zero-order valence-electron chi connectivity index (χ0n) is 11.4. The highest BCUT2D eigenvalue weighted by Crippen LogP contribution is 2.23. The molecule has 1 aliphatic heterocycles. The Kier molecular flexibility index (Phi) is 3.11. The van der Waals surface area contributed by atoms with Crippen LogP contribution in [-0.4, -0.2) is 46.3 Å². The topological polar surface area (TPSA) is 58.0 Å². The largest absolute Gasteiger partial charge is 0.368 e. The number of hydrogen-bond donors (Lipinski definition) is 0. The van der Waals surface area contributed by atoms with Crippen LogP contribution in [0.2, 0.25) is 0 Å². The number of aromatic nitrogens is 4. The van der Waals surface area contributed by atoms with Gasteiger partial charge in [-0.3, -0.25) is 0 Å². The molecule has 0 saturated carbocycles. The minimum Gasteiger partial charge on any atom is -0.368 e. The first-order chi connectivity index (χ1) is 10.4. The number of rotatable bonds is 2. The lowest BCUT2D eigenvalue weighted by molar-refractivity contribution is 0.650. The fraction of sp³-hybridized carbons (Fsp3) is 0.286. The van der Waals surface area contributed by atoms with Gasteiger partial charge < -0.3 is 9.80 Å². The van der Waals surface area contributed by atoms with Gasteiger partial charge in [0.2, 0.25) is 5.13 Å². The van der Waals surface area contributed by atoms with Crippen molar-refractivity contribution in [2.24, 2.45) is 0 Å². The van der Waals surface area contributed by atoms with Crippen LogP contribution in [0.5, 0.6) is 0 Å². The van der Waals surface area contributed by atoms with Gasteiger partial charge in [0.1, 0.15) is 11.8 Å². The Balaban J connectivity index is 1.52. The van der Waals surface area contributed by atoms with Crippen molar-refractivity contribution >= 4 is 33.1 Å². The predicted molar refractivity (Wildman–Crippen MR) is 83.9 cm³/mol. The summed E-state index contributed by atoms with van der Waals surface area (Å²) in [6.45, 7) is 3.91. The van der Waals surface area contributed by atoms with Crippen molar-refractivity contribution in [2.75, 3.05) is 36.0 Å². The van der Waals surface area contributed by atoms with Gasteiger partial charge in [0.05, 0.1) is 5.52 Å². The van der Waals surface area contributed by atoms with Gasteiger partial charge >= 0.3 is 0 Å². The van der Waals surface area contributed by atoms with Crippen LogP contribution in [0.25, 0.3) is 10.9 Å². The number of piperazine rings is 1. The molecule has 7 heteroatoms. The molecule has 1 fully saturated rings. The first-order valence-electron chi connectivity index (χ1n) is 6.86. The van der Waals surface area contributed by atoms with Crippen LogP contribution in [0.3, 0.4) is 0 Å². The Bertz CT molecular complexity index is 736. The van der Waals surface area contributed by atoms with E-state index in [0.717, 1.165) is 42.2 Å². The molecule has 0 radical (unpaired) electrons. The highest BCUT2D eigenvalue weighted by molar-refractivity contribution is 7.13. The summed E-state index contributed by atoms with van der Waals surface area (Å²) >= 11 is 1.60. The molecular formula is C14H14N6S. The first-order valence-corrected chi connectivity index (χ1v) is 7.74. The van der Waals surface area contributed by atoms with Crippen LogP contribution in [0.4, 0.5) is 10.8 Å². The molecule has 0 unspecified atom stereocenters. The van der Waals surface area contributed by atoms with E-state index in [1.165, 1.54) is 5.69 Å². The number of nitrogens with zero attached hydrogens (tertiary/aromatic N) is 6. The standard InChI is InChI=1S/C14H14N6S/c1-2-13-11(8-15-9-16-13)7-12(1)19-3-5-20(6-4-19)14-18-17-10-21-14/h1-2,7-10H,3-6H2. The van der Waals surface area contributed by atoms with E-state index in [4.69, 9.17) is 0 Å². The third kappa shape index (κ3) is 2.40. The van der Waals surface area contributed by atoms with Gasteiger partial charge in [0, 0.05) is 43.4 Å². The second-order valence-corrected chi connectivity index (χ2v) is 5.77. The number of hydrogen-bond acceptors (Lipinski definition) is 7. The normalized spacial score (nSPS) is 15.6. The molecule has 1 saturated heterocycles. The maximum absolute atomic E-state index is 4.26. The van der Waals surface area contributed by atoms with Gasteiger partial charge in [0.25, 0.3) is 0 Å². The van der Waals surface area contributed by atoms with Crippen LogP contribution in [0.1, 0.15) is 0 Å². The average molecular weight is 298 g/mol. The van der Waals surface area contributed by atoms with Crippen molar-refractivity contribution < 1.29 is 0 Å². The van der Waals surface area contributed by atoms with Gasteiger partial charge in [-0.05, 0) is 18.2 Å². The van der Waals surface area contributed by atoms with Crippen LogP contribution in [-0.2, 0) is 0 Å². The van der Waals surface area contributed by atoms with E-state index in [2.05, 4.69) is 48.2 Å². The summed E-state index contributed by atoms with van der Waals surface area (Å²) in [5.74, 6) is 0. The van der Waals surface area contributed by atoms with E-state index < -0.39 is 0 Å². The van der Waals surface area contributed by atoms with E-state index in [9.17, 15) is 0 Å². The maximum atomic E-state index is 4.26. The first kappa shape index (κ1) is 12.5. The molecule has 1 aromatic carbocycles. The lowest BCUT2D eigenvalue weighted by Gasteiger charge is -2.35. The molecule has 6 nitrogen and oxygen atoms in total. The van der Waals surface area contributed by atoms with Gasteiger partial charge in [0.15, 0.2) is 0 Å². The van der Waals surface area contributed by atoms with Crippen molar-refractivity contribution in [1.29, 1.82) is 0 Å². The van der Waals surface area contributed by atoms with Crippen molar-refractivity contribution in [3.8, 4) is 0 Å². The quantitative estimate of drug-likeness (QED) is 0.719. The summed E-state index contributed by atoms with van der Waals surface area (Å²) < 4.78 is 0. The van der Waals surface area contributed by atoms with E-state index in [1.54, 1.807) is 23.2 Å². The number of fused-ring (bicyclic) bond motifs is 1. The third-order valence-corrected chi connectivity index (χ3v) is 4.50. The van der Waals surface area contributed by atoms with E-state index in [1.807, 2.05) is 6.20 Å². The molecule has 2 aromatic heterocycles. The highest BCUT2D eigenvalue weighted by Gasteiger charge is 2.19. The van der Waals surface area contributed by atoms with Crippen molar-refractivity contribution in [2.45, 2.75) is 0 Å². The summed E-state index contributed by atoms with van der Waals surface area (Å²) in [7, 11) is 0. The fourth-order valence-electron chi connectivity index (χ4n) is 2.63. The molecular weight excluding hydrogens is 284 g/mol. The zero-order valence-corrected chi connectivity index (χ0v) is 12.2. The second kappa shape index (κ2) is 5.25.